The molecule has 0 aromatic heterocycles. The highest BCUT2D eigenvalue weighted by Crippen LogP contribution is 2.13. The second kappa shape index (κ2) is 6.28. The van der Waals surface area contributed by atoms with Gasteiger partial charge in [-0.2, -0.15) is 0 Å². The van der Waals surface area contributed by atoms with Crippen LogP contribution in [-0.4, -0.2) is 25.5 Å². The van der Waals surface area contributed by atoms with E-state index in [1.807, 2.05) is 18.2 Å². The van der Waals surface area contributed by atoms with Gasteiger partial charge in [0, 0.05) is 24.6 Å². The fourth-order valence-corrected chi connectivity index (χ4v) is 1.42. The third kappa shape index (κ3) is 4.03. The summed E-state index contributed by atoms with van der Waals surface area (Å²) in [5.74, 6) is 0.870. The third-order valence-electron chi connectivity index (χ3n) is 2.30. The topological polar surface area (TPSA) is 38.3 Å². The highest BCUT2D eigenvalue weighted by Gasteiger charge is 2.06. The Morgan fingerprint density at radius 1 is 1.44 bits per heavy atom. The van der Waals surface area contributed by atoms with Crippen LogP contribution in [0.1, 0.15) is 30.6 Å². The number of methoxy groups -OCH3 is 1. The maximum absolute atomic E-state index is 11.8. The molecule has 16 heavy (non-hydrogen) atoms. The molecule has 0 bridgehead atoms. The first kappa shape index (κ1) is 12.7. The van der Waals surface area contributed by atoms with Crippen LogP contribution in [0.2, 0.25) is 0 Å². The molecule has 0 aliphatic heterocycles. The molecule has 1 N–H and O–H groups in total. The van der Waals surface area contributed by atoms with Crippen LogP contribution in [0.4, 0.5) is 0 Å². The molecule has 0 radical (unpaired) electrons. The van der Waals surface area contributed by atoms with E-state index in [-0.39, 0.29) is 5.78 Å². The Morgan fingerprint density at radius 2 is 2.19 bits per heavy atom. The lowest BCUT2D eigenvalue weighted by Gasteiger charge is -2.07. The molecule has 88 valence electrons. The molecule has 0 atom stereocenters. The summed E-state index contributed by atoms with van der Waals surface area (Å²) in [7, 11) is 1.60. The van der Waals surface area contributed by atoms with Crippen LogP contribution in [0, 0.1) is 0 Å². The van der Waals surface area contributed by atoms with Gasteiger partial charge < -0.3 is 10.1 Å². The van der Waals surface area contributed by atoms with Crippen molar-refractivity contribution >= 4 is 5.78 Å². The number of ether oxygens (including phenoxy) is 1. The predicted molar refractivity (Wildman–Crippen MR) is 65.1 cm³/mol. The van der Waals surface area contributed by atoms with Crippen molar-refractivity contribution in [3.8, 4) is 5.75 Å². The monoisotopic (exact) mass is 221 g/mol. The lowest BCUT2D eigenvalue weighted by molar-refractivity contribution is 0.0981. The van der Waals surface area contributed by atoms with E-state index in [2.05, 4.69) is 19.2 Å². The SMILES string of the molecule is COc1cccc(C(=O)CCNC(C)C)c1. The maximum Gasteiger partial charge on any atom is 0.164 e. The van der Waals surface area contributed by atoms with Gasteiger partial charge >= 0.3 is 0 Å². The van der Waals surface area contributed by atoms with Crippen molar-refractivity contribution in [2.75, 3.05) is 13.7 Å². The molecule has 0 saturated heterocycles. The fourth-order valence-electron chi connectivity index (χ4n) is 1.42. The molecule has 3 nitrogen and oxygen atoms in total. The predicted octanol–water partition coefficient (Wildman–Crippen LogP) is 2.27. The Labute approximate surface area is 96.8 Å². The second-order valence-electron chi connectivity index (χ2n) is 4.01. The third-order valence-corrected chi connectivity index (χ3v) is 2.30. The van der Waals surface area contributed by atoms with E-state index in [1.165, 1.54) is 0 Å². The van der Waals surface area contributed by atoms with Gasteiger partial charge in [0.15, 0.2) is 5.78 Å². The number of Topliss-reactive ketones (excluding diaryl/α,β-unsaturated/α-hetero) is 1. The number of benzene rings is 1. The van der Waals surface area contributed by atoms with Crippen LogP contribution < -0.4 is 10.1 Å². The van der Waals surface area contributed by atoms with E-state index < -0.39 is 0 Å². The van der Waals surface area contributed by atoms with Crippen molar-refractivity contribution in [2.45, 2.75) is 26.3 Å². The zero-order valence-corrected chi connectivity index (χ0v) is 10.1. The molecule has 0 heterocycles. The Bertz CT molecular complexity index is 348. The number of carbonyl (C=O) groups is 1. The van der Waals surface area contributed by atoms with Crippen molar-refractivity contribution in [3.05, 3.63) is 29.8 Å². The van der Waals surface area contributed by atoms with Crippen LogP contribution in [-0.2, 0) is 0 Å². The molecule has 0 aliphatic carbocycles. The van der Waals surface area contributed by atoms with Crippen molar-refractivity contribution in [2.24, 2.45) is 0 Å². The summed E-state index contributed by atoms with van der Waals surface area (Å²) in [6, 6.07) is 7.68. The van der Waals surface area contributed by atoms with E-state index >= 15 is 0 Å². The summed E-state index contributed by atoms with van der Waals surface area (Å²) < 4.78 is 5.08. The van der Waals surface area contributed by atoms with Crippen molar-refractivity contribution in [3.63, 3.8) is 0 Å². The quantitative estimate of drug-likeness (QED) is 0.749. The molecule has 0 unspecified atom stereocenters. The lowest BCUT2D eigenvalue weighted by atomic mass is 10.1. The standard InChI is InChI=1S/C13H19NO2/c1-10(2)14-8-7-13(15)11-5-4-6-12(9-11)16-3/h4-6,9-10,14H,7-8H2,1-3H3. The highest BCUT2D eigenvalue weighted by atomic mass is 16.5. The van der Waals surface area contributed by atoms with Gasteiger partial charge in [0.05, 0.1) is 7.11 Å². The Kier molecular flexibility index (Phi) is 4.99. The van der Waals surface area contributed by atoms with Gasteiger partial charge in [-0.1, -0.05) is 26.0 Å². The number of rotatable bonds is 6. The highest BCUT2D eigenvalue weighted by molar-refractivity contribution is 5.96. The number of hydrogen-bond acceptors (Lipinski definition) is 3. The van der Waals surface area contributed by atoms with Gasteiger partial charge in [-0.3, -0.25) is 4.79 Å². The van der Waals surface area contributed by atoms with Crippen LogP contribution >= 0.6 is 0 Å². The van der Waals surface area contributed by atoms with Crippen molar-refractivity contribution < 1.29 is 9.53 Å². The van der Waals surface area contributed by atoms with Gasteiger partial charge in [0.1, 0.15) is 5.75 Å². The molecule has 1 aromatic rings. The minimum Gasteiger partial charge on any atom is -0.497 e. The van der Waals surface area contributed by atoms with Crippen molar-refractivity contribution in [1.29, 1.82) is 0 Å². The average Bonchev–Trinajstić information content (AvgIpc) is 2.28. The summed E-state index contributed by atoms with van der Waals surface area (Å²) in [5, 5.41) is 3.22. The summed E-state index contributed by atoms with van der Waals surface area (Å²) in [5.41, 5.74) is 0.713. The number of carbonyl (C=O) groups excluding carboxylic acids is 1. The van der Waals surface area contributed by atoms with E-state index in [0.717, 1.165) is 5.75 Å². The summed E-state index contributed by atoms with van der Waals surface area (Å²) in [6.07, 6.45) is 0.519. The largest absolute Gasteiger partial charge is 0.497 e. The first-order valence-corrected chi connectivity index (χ1v) is 5.54. The molecule has 1 aromatic carbocycles. The Morgan fingerprint density at radius 3 is 2.81 bits per heavy atom. The molecule has 3 heteroatoms. The Hall–Kier alpha value is -1.35. The van der Waals surface area contributed by atoms with Crippen LogP contribution in [0.15, 0.2) is 24.3 Å². The maximum atomic E-state index is 11.8. The molecule has 0 aliphatic rings. The number of nitrogens with one attached hydrogen (secondary N) is 1. The molecule has 0 amide bonds. The molecular weight excluding hydrogens is 202 g/mol. The molecule has 1 rings (SSSR count). The van der Waals surface area contributed by atoms with Gasteiger partial charge in [0.2, 0.25) is 0 Å². The first-order valence-electron chi connectivity index (χ1n) is 5.54. The zero-order chi connectivity index (χ0) is 12.0. The van der Waals surface area contributed by atoms with Gasteiger partial charge in [-0.25, -0.2) is 0 Å². The van der Waals surface area contributed by atoms with E-state index in [4.69, 9.17) is 4.74 Å². The van der Waals surface area contributed by atoms with Gasteiger partial charge in [-0.15, -0.1) is 0 Å². The smallest absolute Gasteiger partial charge is 0.164 e. The number of ketones is 1. The zero-order valence-electron chi connectivity index (χ0n) is 10.1. The minimum absolute atomic E-state index is 0.145. The molecular formula is C13H19NO2. The van der Waals surface area contributed by atoms with Crippen LogP contribution in [0.25, 0.3) is 0 Å². The van der Waals surface area contributed by atoms with Crippen molar-refractivity contribution in [1.82, 2.24) is 5.32 Å². The Balaban J connectivity index is 2.52. The van der Waals surface area contributed by atoms with Gasteiger partial charge in [0.25, 0.3) is 0 Å². The first-order chi connectivity index (χ1) is 7.63. The second-order valence-corrected chi connectivity index (χ2v) is 4.01. The average molecular weight is 221 g/mol. The van der Waals surface area contributed by atoms with E-state index in [0.29, 0.717) is 24.6 Å². The molecule has 0 saturated carbocycles. The van der Waals surface area contributed by atoms with Crippen LogP contribution in [0.5, 0.6) is 5.75 Å². The fraction of sp³-hybridized carbons (Fsp3) is 0.462. The number of hydrogen-bond donors (Lipinski definition) is 1. The lowest BCUT2D eigenvalue weighted by Crippen LogP contribution is -2.25. The summed E-state index contributed by atoms with van der Waals surface area (Å²) in [4.78, 5) is 11.8. The molecule has 0 spiro atoms. The summed E-state index contributed by atoms with van der Waals surface area (Å²) >= 11 is 0. The van der Waals surface area contributed by atoms with Gasteiger partial charge in [-0.05, 0) is 12.1 Å². The van der Waals surface area contributed by atoms with Crippen LogP contribution in [0.3, 0.4) is 0 Å². The van der Waals surface area contributed by atoms with E-state index in [1.54, 1.807) is 13.2 Å². The van der Waals surface area contributed by atoms with E-state index in [9.17, 15) is 4.79 Å². The normalized spacial score (nSPS) is 10.5. The summed E-state index contributed by atoms with van der Waals surface area (Å²) in [6.45, 7) is 4.85. The minimum atomic E-state index is 0.145. The molecule has 0 fully saturated rings.